The topological polar surface area (TPSA) is 45.6 Å². The number of thiophene rings is 1. The van der Waals surface area contributed by atoms with Crippen LogP contribution in [0.15, 0.2) is 21.9 Å². The van der Waals surface area contributed by atoms with Gasteiger partial charge in [-0.3, -0.25) is 5.43 Å². The van der Waals surface area contributed by atoms with Crippen LogP contribution < -0.4 is 10.7 Å². The van der Waals surface area contributed by atoms with Gasteiger partial charge < -0.3 is 10.1 Å². The Kier molecular flexibility index (Phi) is 5.91. The van der Waals surface area contributed by atoms with E-state index in [0.717, 1.165) is 5.56 Å². The Morgan fingerprint density at radius 1 is 1.73 bits per heavy atom. The second-order valence-corrected chi connectivity index (χ2v) is 3.86. The van der Waals surface area contributed by atoms with Gasteiger partial charge in [0.05, 0.1) is 12.8 Å². The van der Waals surface area contributed by atoms with Crippen LogP contribution in [0.25, 0.3) is 0 Å². The molecule has 6 heteroatoms. The fourth-order valence-electron chi connectivity index (χ4n) is 0.820. The molecule has 82 valence electrons. The van der Waals surface area contributed by atoms with E-state index in [4.69, 9.17) is 17.0 Å². The van der Waals surface area contributed by atoms with Crippen LogP contribution in [0, 0.1) is 0 Å². The molecule has 0 atom stereocenters. The van der Waals surface area contributed by atoms with E-state index >= 15 is 0 Å². The molecule has 1 rings (SSSR count). The molecule has 0 spiro atoms. The van der Waals surface area contributed by atoms with Crippen LogP contribution in [0.1, 0.15) is 5.56 Å². The fourth-order valence-corrected chi connectivity index (χ4v) is 1.59. The van der Waals surface area contributed by atoms with Crippen LogP contribution in [0.4, 0.5) is 0 Å². The highest BCUT2D eigenvalue weighted by atomic mass is 32.1. The molecular formula is C9H13N3OS2. The van der Waals surface area contributed by atoms with Gasteiger partial charge in [0.25, 0.3) is 0 Å². The normalized spacial score (nSPS) is 10.5. The highest BCUT2D eigenvalue weighted by Crippen LogP contribution is 2.01. The summed E-state index contributed by atoms with van der Waals surface area (Å²) in [5.41, 5.74) is 3.78. The summed E-state index contributed by atoms with van der Waals surface area (Å²) < 4.78 is 4.87. The summed E-state index contributed by atoms with van der Waals surface area (Å²) in [6, 6.07) is 1.98. The van der Waals surface area contributed by atoms with Crippen LogP contribution in [0.2, 0.25) is 0 Å². The second kappa shape index (κ2) is 7.33. The quantitative estimate of drug-likeness (QED) is 0.353. The van der Waals surface area contributed by atoms with Gasteiger partial charge in [0.15, 0.2) is 5.11 Å². The predicted octanol–water partition coefficient (Wildman–Crippen LogP) is 1.19. The number of nitrogens with one attached hydrogen (secondary N) is 2. The molecule has 15 heavy (non-hydrogen) atoms. The van der Waals surface area contributed by atoms with E-state index in [-0.39, 0.29) is 0 Å². The van der Waals surface area contributed by atoms with Crippen molar-refractivity contribution in [1.29, 1.82) is 0 Å². The Labute approximate surface area is 98.3 Å². The van der Waals surface area contributed by atoms with Crippen molar-refractivity contribution >= 4 is 34.9 Å². The number of methoxy groups -OCH3 is 1. The van der Waals surface area contributed by atoms with E-state index in [1.165, 1.54) is 0 Å². The Morgan fingerprint density at radius 3 is 3.27 bits per heavy atom. The molecule has 0 aliphatic rings. The average Bonchev–Trinajstić information content (AvgIpc) is 2.71. The second-order valence-electron chi connectivity index (χ2n) is 2.68. The summed E-state index contributed by atoms with van der Waals surface area (Å²) in [7, 11) is 1.65. The molecule has 4 nitrogen and oxygen atoms in total. The standard InChI is InChI=1S/C9H13N3OS2/c1-13-4-3-10-9(14)12-11-6-8-2-5-15-7-8/h2,5-7H,3-4H2,1H3,(H2,10,12,14). The van der Waals surface area contributed by atoms with Crippen LogP contribution in [0.3, 0.4) is 0 Å². The van der Waals surface area contributed by atoms with Gasteiger partial charge in [-0.05, 0) is 29.0 Å². The van der Waals surface area contributed by atoms with E-state index in [1.807, 2.05) is 16.8 Å². The number of hydrogen-bond acceptors (Lipinski definition) is 4. The van der Waals surface area contributed by atoms with Gasteiger partial charge in [0.2, 0.25) is 0 Å². The van der Waals surface area contributed by atoms with Crippen molar-refractivity contribution in [3.8, 4) is 0 Å². The summed E-state index contributed by atoms with van der Waals surface area (Å²) in [5, 5.41) is 11.4. The first-order chi connectivity index (χ1) is 7.33. The summed E-state index contributed by atoms with van der Waals surface area (Å²) >= 11 is 6.60. The van der Waals surface area contributed by atoms with E-state index < -0.39 is 0 Å². The summed E-state index contributed by atoms with van der Waals surface area (Å²) in [4.78, 5) is 0. The summed E-state index contributed by atoms with van der Waals surface area (Å²) in [6.45, 7) is 1.30. The van der Waals surface area contributed by atoms with Crippen molar-refractivity contribution < 1.29 is 4.74 Å². The maximum atomic E-state index is 4.97. The van der Waals surface area contributed by atoms with Crippen molar-refractivity contribution in [2.24, 2.45) is 5.10 Å². The van der Waals surface area contributed by atoms with E-state index in [2.05, 4.69) is 15.8 Å². The molecule has 0 unspecified atom stereocenters. The van der Waals surface area contributed by atoms with Gasteiger partial charge in [0, 0.05) is 19.2 Å². The highest BCUT2D eigenvalue weighted by Gasteiger charge is 1.91. The van der Waals surface area contributed by atoms with Crippen molar-refractivity contribution in [3.05, 3.63) is 22.4 Å². The smallest absolute Gasteiger partial charge is 0.187 e. The number of nitrogens with zero attached hydrogens (tertiary/aromatic N) is 1. The van der Waals surface area contributed by atoms with Gasteiger partial charge in [-0.25, -0.2) is 0 Å². The largest absolute Gasteiger partial charge is 0.383 e. The lowest BCUT2D eigenvalue weighted by Gasteiger charge is -2.05. The van der Waals surface area contributed by atoms with Gasteiger partial charge in [0.1, 0.15) is 0 Å². The zero-order chi connectivity index (χ0) is 10.9. The van der Waals surface area contributed by atoms with Crippen LogP contribution in [0.5, 0.6) is 0 Å². The van der Waals surface area contributed by atoms with Gasteiger partial charge in [-0.2, -0.15) is 16.4 Å². The SMILES string of the molecule is COCCNC(=S)NN=Cc1ccsc1. The summed E-state index contributed by atoms with van der Waals surface area (Å²) in [6.07, 6.45) is 1.72. The molecule has 0 fully saturated rings. The van der Waals surface area contributed by atoms with E-state index in [0.29, 0.717) is 18.3 Å². The van der Waals surface area contributed by atoms with Gasteiger partial charge in [-0.15, -0.1) is 0 Å². The zero-order valence-electron chi connectivity index (χ0n) is 8.40. The average molecular weight is 243 g/mol. The van der Waals surface area contributed by atoms with Crippen LogP contribution in [-0.2, 0) is 4.74 Å². The summed E-state index contributed by atoms with van der Waals surface area (Å²) in [5.74, 6) is 0. The minimum Gasteiger partial charge on any atom is -0.383 e. The van der Waals surface area contributed by atoms with Gasteiger partial charge in [-0.1, -0.05) is 0 Å². The molecule has 0 amide bonds. The molecule has 0 aromatic carbocycles. The number of ether oxygens (including phenoxy) is 1. The minimum atomic E-state index is 0.499. The molecule has 0 saturated heterocycles. The van der Waals surface area contributed by atoms with E-state index in [1.54, 1.807) is 24.7 Å². The van der Waals surface area contributed by atoms with Crippen molar-refractivity contribution in [2.75, 3.05) is 20.3 Å². The first-order valence-electron chi connectivity index (χ1n) is 4.41. The monoisotopic (exact) mass is 243 g/mol. The molecule has 1 heterocycles. The molecule has 2 N–H and O–H groups in total. The number of thiocarbonyl (C=S) groups is 1. The lowest BCUT2D eigenvalue weighted by atomic mass is 10.4. The minimum absolute atomic E-state index is 0.499. The molecule has 0 radical (unpaired) electrons. The Morgan fingerprint density at radius 2 is 2.60 bits per heavy atom. The van der Waals surface area contributed by atoms with Gasteiger partial charge >= 0.3 is 0 Å². The van der Waals surface area contributed by atoms with Crippen LogP contribution >= 0.6 is 23.6 Å². The lowest BCUT2D eigenvalue weighted by molar-refractivity contribution is 0.204. The first-order valence-corrected chi connectivity index (χ1v) is 5.76. The molecule has 0 bridgehead atoms. The maximum Gasteiger partial charge on any atom is 0.187 e. The maximum absolute atomic E-state index is 4.97. The molecule has 0 aliphatic carbocycles. The third-order valence-corrected chi connectivity index (χ3v) is 2.45. The molecule has 0 saturated carbocycles. The fraction of sp³-hybridized carbons (Fsp3) is 0.333. The Hall–Kier alpha value is -0.980. The number of hydrazone groups is 1. The van der Waals surface area contributed by atoms with Crippen molar-refractivity contribution in [2.45, 2.75) is 0 Å². The first kappa shape index (κ1) is 12.1. The van der Waals surface area contributed by atoms with Crippen LogP contribution in [-0.4, -0.2) is 31.6 Å². The predicted molar refractivity (Wildman–Crippen MR) is 67.5 cm³/mol. The molecule has 1 aromatic rings. The van der Waals surface area contributed by atoms with E-state index in [9.17, 15) is 0 Å². The van der Waals surface area contributed by atoms with Crippen molar-refractivity contribution in [1.82, 2.24) is 10.7 Å². The van der Waals surface area contributed by atoms with Crippen molar-refractivity contribution in [3.63, 3.8) is 0 Å². The number of hydrogen-bond donors (Lipinski definition) is 2. The third-order valence-electron chi connectivity index (χ3n) is 1.51. The molecule has 1 aromatic heterocycles. The number of rotatable bonds is 5. The Balaban J connectivity index is 2.16. The third kappa shape index (κ3) is 5.46. The Bertz CT molecular complexity index is 311. The molecule has 0 aliphatic heterocycles. The lowest BCUT2D eigenvalue weighted by Crippen LogP contribution is -2.34. The highest BCUT2D eigenvalue weighted by molar-refractivity contribution is 7.80. The zero-order valence-corrected chi connectivity index (χ0v) is 10.0. The molecular weight excluding hydrogens is 230 g/mol.